The van der Waals surface area contributed by atoms with Crippen LogP contribution in [0.15, 0.2) is 104 Å². The van der Waals surface area contributed by atoms with E-state index in [0.717, 1.165) is 27.5 Å². The molecule has 6 rings (SSSR count). The zero-order valence-corrected chi connectivity index (χ0v) is 21.2. The van der Waals surface area contributed by atoms with Crippen molar-refractivity contribution in [1.29, 1.82) is 0 Å². The summed E-state index contributed by atoms with van der Waals surface area (Å²) in [6, 6.07) is 23.9. The van der Waals surface area contributed by atoms with Gasteiger partial charge in [0, 0.05) is 33.2 Å². The summed E-state index contributed by atoms with van der Waals surface area (Å²) < 4.78 is 10.7. The average molecular weight is 523 g/mol. The minimum atomic E-state index is -0.349. The van der Waals surface area contributed by atoms with Crippen molar-refractivity contribution >= 4 is 35.0 Å². The summed E-state index contributed by atoms with van der Waals surface area (Å²) >= 11 is 1.56. The van der Waals surface area contributed by atoms with Crippen LogP contribution in [0, 0.1) is 0 Å². The third kappa shape index (κ3) is 4.48. The van der Waals surface area contributed by atoms with Crippen LogP contribution < -0.4 is 10.2 Å². The van der Waals surface area contributed by atoms with Crippen LogP contribution in [0.2, 0.25) is 0 Å². The molecule has 1 N–H and O–H groups in total. The molecule has 0 fully saturated rings. The molecule has 3 heterocycles. The van der Waals surface area contributed by atoms with Crippen molar-refractivity contribution in [2.45, 2.75) is 23.1 Å². The summed E-state index contributed by atoms with van der Waals surface area (Å²) in [4.78, 5) is 33.9. The molecule has 0 unspecified atom stereocenters. The number of furan rings is 1. The van der Waals surface area contributed by atoms with Crippen LogP contribution in [0.3, 0.4) is 0 Å². The number of hydrogen-bond donors (Lipinski definition) is 1. The SMILES string of the molecule is CCCN1C(=O)c2ccccc2Sc2cc(-c3noc(-c4cccc(NC(=O)c5ccco5)c4)n3)ccc21. The lowest BCUT2D eigenvalue weighted by Gasteiger charge is -2.22. The number of carbonyl (C=O) groups is 2. The zero-order chi connectivity index (χ0) is 26.1. The number of nitrogens with zero attached hydrogens (tertiary/aromatic N) is 3. The van der Waals surface area contributed by atoms with E-state index in [1.54, 1.807) is 42.1 Å². The average Bonchev–Trinajstić information content (AvgIpc) is 3.64. The minimum Gasteiger partial charge on any atom is -0.459 e. The fourth-order valence-corrected chi connectivity index (χ4v) is 5.42. The number of aromatic nitrogens is 2. The Balaban J connectivity index is 1.30. The summed E-state index contributed by atoms with van der Waals surface area (Å²) in [5.74, 6) is 0.628. The molecule has 0 aliphatic carbocycles. The van der Waals surface area contributed by atoms with Crippen LogP contribution in [-0.4, -0.2) is 28.5 Å². The second-order valence-corrected chi connectivity index (χ2v) is 9.76. The number of benzene rings is 3. The Morgan fingerprint density at radius 2 is 1.87 bits per heavy atom. The van der Waals surface area contributed by atoms with E-state index in [2.05, 4.69) is 22.4 Å². The number of nitrogens with one attached hydrogen (secondary N) is 1. The first kappa shape index (κ1) is 23.7. The van der Waals surface area contributed by atoms with E-state index in [9.17, 15) is 9.59 Å². The molecule has 1 aliphatic rings. The molecule has 9 heteroatoms. The number of fused-ring (bicyclic) bond motifs is 2. The Labute approximate surface area is 222 Å². The van der Waals surface area contributed by atoms with Crippen molar-refractivity contribution in [3.63, 3.8) is 0 Å². The summed E-state index contributed by atoms with van der Waals surface area (Å²) in [6.07, 6.45) is 2.29. The van der Waals surface area contributed by atoms with Crippen LogP contribution in [-0.2, 0) is 0 Å². The summed E-state index contributed by atoms with van der Waals surface area (Å²) in [7, 11) is 0. The van der Waals surface area contributed by atoms with Crippen molar-refractivity contribution < 1.29 is 18.5 Å². The molecular formula is C29H22N4O4S. The van der Waals surface area contributed by atoms with Gasteiger partial charge in [-0.25, -0.2) is 0 Å². The third-order valence-electron chi connectivity index (χ3n) is 6.08. The van der Waals surface area contributed by atoms with Gasteiger partial charge in [0.1, 0.15) is 0 Å². The van der Waals surface area contributed by atoms with Crippen molar-refractivity contribution in [1.82, 2.24) is 10.1 Å². The lowest BCUT2D eigenvalue weighted by atomic mass is 10.1. The van der Waals surface area contributed by atoms with Gasteiger partial charge in [-0.15, -0.1) is 0 Å². The van der Waals surface area contributed by atoms with Gasteiger partial charge in [-0.05, 0) is 67.1 Å². The van der Waals surface area contributed by atoms with E-state index >= 15 is 0 Å². The quantitative estimate of drug-likeness (QED) is 0.263. The number of hydrogen-bond acceptors (Lipinski definition) is 7. The van der Waals surface area contributed by atoms with E-state index in [1.165, 1.54) is 6.26 Å². The first-order valence-corrected chi connectivity index (χ1v) is 12.9. The molecule has 0 atom stereocenters. The highest BCUT2D eigenvalue weighted by molar-refractivity contribution is 7.99. The van der Waals surface area contributed by atoms with Gasteiger partial charge in [0.25, 0.3) is 17.7 Å². The van der Waals surface area contributed by atoms with Gasteiger partial charge < -0.3 is 19.2 Å². The molecular weight excluding hydrogens is 500 g/mol. The molecule has 8 nitrogen and oxygen atoms in total. The highest BCUT2D eigenvalue weighted by Crippen LogP contribution is 2.43. The largest absolute Gasteiger partial charge is 0.459 e. The number of amides is 2. The Bertz CT molecular complexity index is 1640. The highest BCUT2D eigenvalue weighted by Gasteiger charge is 2.27. The molecule has 2 amide bonds. The van der Waals surface area contributed by atoms with Crippen LogP contribution in [0.25, 0.3) is 22.8 Å². The predicted octanol–water partition coefficient (Wildman–Crippen LogP) is 6.77. The second-order valence-electron chi connectivity index (χ2n) is 8.67. The summed E-state index contributed by atoms with van der Waals surface area (Å²) in [6.45, 7) is 2.68. The first-order valence-electron chi connectivity index (χ1n) is 12.1. The van der Waals surface area contributed by atoms with Crippen LogP contribution in [0.1, 0.15) is 34.3 Å². The number of anilines is 2. The second kappa shape index (κ2) is 10.0. The lowest BCUT2D eigenvalue weighted by Crippen LogP contribution is -2.31. The van der Waals surface area contributed by atoms with Crippen LogP contribution in [0.5, 0.6) is 0 Å². The van der Waals surface area contributed by atoms with Crippen molar-refractivity contribution in [3.8, 4) is 22.8 Å². The van der Waals surface area contributed by atoms with Gasteiger partial charge in [-0.1, -0.05) is 42.0 Å². The lowest BCUT2D eigenvalue weighted by molar-refractivity contribution is 0.0980. The third-order valence-corrected chi connectivity index (χ3v) is 7.20. The normalized spacial score (nSPS) is 12.6. The van der Waals surface area contributed by atoms with Crippen molar-refractivity contribution in [2.75, 3.05) is 16.8 Å². The minimum absolute atomic E-state index is 0.00215. The summed E-state index contributed by atoms with van der Waals surface area (Å²) in [5, 5.41) is 7.00. The molecule has 38 heavy (non-hydrogen) atoms. The van der Waals surface area contributed by atoms with Gasteiger partial charge >= 0.3 is 0 Å². The highest BCUT2D eigenvalue weighted by atomic mass is 32.2. The Morgan fingerprint density at radius 1 is 0.974 bits per heavy atom. The number of rotatable bonds is 6. The van der Waals surface area contributed by atoms with E-state index in [4.69, 9.17) is 8.94 Å². The Hall–Kier alpha value is -4.63. The van der Waals surface area contributed by atoms with Crippen molar-refractivity contribution in [2.24, 2.45) is 0 Å². The molecule has 3 aromatic carbocycles. The van der Waals surface area contributed by atoms with E-state index in [-0.39, 0.29) is 17.6 Å². The van der Waals surface area contributed by atoms with Gasteiger partial charge in [0.2, 0.25) is 5.82 Å². The Kier molecular flexibility index (Phi) is 6.27. The molecule has 1 aliphatic heterocycles. The monoisotopic (exact) mass is 522 g/mol. The van der Waals surface area contributed by atoms with Gasteiger partial charge in [-0.2, -0.15) is 4.98 Å². The maximum Gasteiger partial charge on any atom is 0.291 e. The fourth-order valence-electron chi connectivity index (χ4n) is 4.30. The Morgan fingerprint density at radius 3 is 2.71 bits per heavy atom. The smallest absolute Gasteiger partial charge is 0.291 e. The molecule has 0 spiro atoms. The van der Waals surface area contributed by atoms with E-state index in [0.29, 0.717) is 35.1 Å². The number of carbonyl (C=O) groups excluding carboxylic acids is 2. The van der Waals surface area contributed by atoms with Gasteiger partial charge in [0.05, 0.1) is 17.5 Å². The maximum absolute atomic E-state index is 13.3. The summed E-state index contributed by atoms with van der Waals surface area (Å²) in [5.41, 5.74) is 3.58. The molecule has 5 aromatic rings. The zero-order valence-electron chi connectivity index (χ0n) is 20.4. The maximum atomic E-state index is 13.3. The molecule has 2 aromatic heterocycles. The van der Waals surface area contributed by atoms with Crippen LogP contribution >= 0.6 is 11.8 Å². The first-order chi connectivity index (χ1) is 18.6. The standard InChI is InChI=1S/C29H22N4O4S/c1-2-14-33-22-13-12-18(17-25(22)38-24-11-4-3-9-21(24)29(33)35)26-31-28(37-32-26)19-7-5-8-20(16-19)30-27(34)23-10-6-15-36-23/h3-13,15-17H,2,14H2,1H3,(H,30,34). The van der Waals surface area contributed by atoms with Crippen molar-refractivity contribution in [3.05, 3.63) is 96.4 Å². The van der Waals surface area contributed by atoms with E-state index < -0.39 is 0 Å². The van der Waals surface area contributed by atoms with Gasteiger partial charge in [-0.3, -0.25) is 9.59 Å². The molecule has 0 saturated carbocycles. The topological polar surface area (TPSA) is 101 Å². The molecule has 188 valence electrons. The molecule has 0 bridgehead atoms. The predicted molar refractivity (Wildman–Crippen MR) is 144 cm³/mol. The molecule has 0 saturated heterocycles. The van der Waals surface area contributed by atoms with E-state index in [1.807, 2.05) is 53.4 Å². The molecule has 0 radical (unpaired) electrons. The van der Waals surface area contributed by atoms with Gasteiger partial charge in [0.15, 0.2) is 5.76 Å². The fraction of sp³-hybridized carbons (Fsp3) is 0.103. The van der Waals surface area contributed by atoms with Crippen LogP contribution in [0.4, 0.5) is 11.4 Å².